The number of likely N-dealkylation sites (N-methyl/N-ethyl adjacent to an activating group) is 1. The third-order valence-electron chi connectivity index (χ3n) is 4.95. The zero-order valence-corrected chi connectivity index (χ0v) is 17.3. The molecule has 2 aromatic heterocycles. The Kier molecular flexibility index (Phi) is 5.22. The lowest BCUT2D eigenvalue weighted by molar-refractivity contribution is -0.384. The quantitative estimate of drug-likeness (QED) is 0.273. The highest BCUT2D eigenvalue weighted by molar-refractivity contribution is 7.98. The molecule has 9 heteroatoms. The van der Waals surface area contributed by atoms with Crippen LogP contribution in [0.1, 0.15) is 22.9 Å². The minimum Gasteiger partial charge on any atom is -0.301 e. The van der Waals surface area contributed by atoms with E-state index in [1.165, 1.54) is 34.3 Å². The number of rotatable bonds is 5. The number of nitrogens with zero attached hydrogens (tertiary/aromatic N) is 4. The van der Waals surface area contributed by atoms with E-state index >= 15 is 0 Å². The number of benzene rings is 1. The molecule has 0 amide bonds. The molecule has 0 unspecified atom stereocenters. The summed E-state index contributed by atoms with van der Waals surface area (Å²) in [5.41, 5.74) is 2.25. The summed E-state index contributed by atoms with van der Waals surface area (Å²) < 4.78 is 1.74. The largest absolute Gasteiger partial charge is 0.301 e. The predicted octanol–water partition coefficient (Wildman–Crippen LogP) is 3.67. The van der Waals surface area contributed by atoms with Gasteiger partial charge in [-0.25, -0.2) is 4.98 Å². The second kappa shape index (κ2) is 7.65. The summed E-state index contributed by atoms with van der Waals surface area (Å²) in [6.07, 6.45) is 0.891. The van der Waals surface area contributed by atoms with Crippen molar-refractivity contribution in [3.8, 4) is 0 Å². The third-order valence-corrected chi connectivity index (χ3v) is 7.11. The molecule has 146 valence electrons. The number of thiophene rings is 1. The Labute approximate surface area is 170 Å². The molecule has 4 rings (SSSR count). The molecule has 0 N–H and O–H groups in total. The van der Waals surface area contributed by atoms with E-state index < -0.39 is 4.92 Å². The molecule has 28 heavy (non-hydrogen) atoms. The zero-order valence-electron chi connectivity index (χ0n) is 15.7. The van der Waals surface area contributed by atoms with Crippen molar-refractivity contribution in [1.82, 2.24) is 14.5 Å². The van der Waals surface area contributed by atoms with E-state index in [4.69, 9.17) is 4.98 Å². The van der Waals surface area contributed by atoms with E-state index in [2.05, 4.69) is 11.9 Å². The van der Waals surface area contributed by atoms with Crippen molar-refractivity contribution in [2.24, 2.45) is 0 Å². The summed E-state index contributed by atoms with van der Waals surface area (Å²) in [5, 5.41) is 12.3. The molecule has 0 saturated heterocycles. The summed E-state index contributed by atoms with van der Waals surface area (Å²) in [5.74, 6) is 0.601. The van der Waals surface area contributed by atoms with Crippen LogP contribution in [0.4, 0.5) is 5.69 Å². The van der Waals surface area contributed by atoms with Crippen molar-refractivity contribution in [3.63, 3.8) is 0 Å². The number of hydrogen-bond donors (Lipinski definition) is 0. The van der Waals surface area contributed by atoms with Crippen molar-refractivity contribution < 1.29 is 4.92 Å². The average molecular weight is 417 g/mol. The minimum atomic E-state index is -0.406. The summed E-state index contributed by atoms with van der Waals surface area (Å²) in [7, 11) is 2.09. The van der Waals surface area contributed by atoms with Crippen LogP contribution in [-0.2, 0) is 25.3 Å². The van der Waals surface area contributed by atoms with E-state index in [-0.39, 0.29) is 11.2 Å². The van der Waals surface area contributed by atoms with Gasteiger partial charge in [0.15, 0.2) is 5.16 Å². The van der Waals surface area contributed by atoms with Crippen molar-refractivity contribution in [1.29, 1.82) is 0 Å². The van der Waals surface area contributed by atoms with Crippen LogP contribution < -0.4 is 5.56 Å². The van der Waals surface area contributed by atoms with Crippen LogP contribution in [0.5, 0.6) is 0 Å². The van der Waals surface area contributed by atoms with Crippen molar-refractivity contribution in [3.05, 3.63) is 60.7 Å². The average Bonchev–Trinajstić information content (AvgIpc) is 3.04. The van der Waals surface area contributed by atoms with E-state index in [1.54, 1.807) is 28.0 Å². The fourth-order valence-electron chi connectivity index (χ4n) is 3.44. The number of thioether (sulfide) groups is 1. The maximum absolute atomic E-state index is 13.2. The van der Waals surface area contributed by atoms with E-state index in [0.29, 0.717) is 17.5 Å². The molecule has 0 saturated carbocycles. The molecule has 1 aliphatic heterocycles. The van der Waals surface area contributed by atoms with Gasteiger partial charge >= 0.3 is 0 Å². The molecule has 0 spiro atoms. The van der Waals surface area contributed by atoms with Gasteiger partial charge < -0.3 is 4.90 Å². The lowest BCUT2D eigenvalue weighted by atomic mass is 10.1. The zero-order chi connectivity index (χ0) is 19.8. The van der Waals surface area contributed by atoms with Gasteiger partial charge in [-0.2, -0.15) is 0 Å². The molecule has 1 aromatic carbocycles. The predicted molar refractivity (Wildman–Crippen MR) is 112 cm³/mol. The van der Waals surface area contributed by atoms with Gasteiger partial charge in [0.2, 0.25) is 0 Å². The first-order chi connectivity index (χ1) is 13.5. The van der Waals surface area contributed by atoms with Gasteiger partial charge in [0.05, 0.1) is 10.3 Å². The summed E-state index contributed by atoms with van der Waals surface area (Å²) in [6, 6.07) is 6.50. The van der Waals surface area contributed by atoms with E-state index in [9.17, 15) is 14.9 Å². The lowest BCUT2D eigenvalue weighted by Gasteiger charge is -2.21. The maximum atomic E-state index is 13.2. The summed E-state index contributed by atoms with van der Waals surface area (Å²) in [6.45, 7) is 4.35. The Morgan fingerprint density at radius 3 is 2.75 bits per heavy atom. The normalized spacial score (nSPS) is 14.4. The Morgan fingerprint density at radius 2 is 2.07 bits per heavy atom. The molecule has 0 bridgehead atoms. The number of fused-ring (bicyclic) bond motifs is 3. The topological polar surface area (TPSA) is 81.3 Å². The molecule has 0 atom stereocenters. The molecule has 3 aromatic rings. The second-order valence-electron chi connectivity index (χ2n) is 6.83. The van der Waals surface area contributed by atoms with Crippen LogP contribution in [0.2, 0.25) is 0 Å². The van der Waals surface area contributed by atoms with Gasteiger partial charge in [-0.1, -0.05) is 23.9 Å². The first kappa shape index (κ1) is 19.1. The van der Waals surface area contributed by atoms with Gasteiger partial charge in [0.25, 0.3) is 11.2 Å². The highest BCUT2D eigenvalue weighted by Gasteiger charge is 2.23. The minimum absolute atomic E-state index is 0.0424. The molecule has 1 aliphatic rings. The van der Waals surface area contributed by atoms with Gasteiger partial charge in [0, 0.05) is 42.4 Å². The molecule has 3 heterocycles. The van der Waals surface area contributed by atoms with Gasteiger partial charge in [-0.3, -0.25) is 19.5 Å². The number of aromatic nitrogens is 2. The van der Waals surface area contributed by atoms with Gasteiger partial charge in [-0.15, -0.1) is 11.3 Å². The Balaban J connectivity index is 1.67. The third kappa shape index (κ3) is 3.45. The lowest BCUT2D eigenvalue weighted by Crippen LogP contribution is -2.27. The first-order valence-electron chi connectivity index (χ1n) is 9.07. The number of nitro benzene ring substituents is 1. The molecule has 0 fully saturated rings. The fraction of sp³-hybridized carbons (Fsp3) is 0.368. The molecular weight excluding hydrogens is 396 g/mol. The summed E-state index contributed by atoms with van der Waals surface area (Å²) in [4.78, 5) is 32.7. The monoisotopic (exact) mass is 416 g/mol. The van der Waals surface area contributed by atoms with E-state index in [1.807, 2.05) is 6.92 Å². The van der Waals surface area contributed by atoms with Crippen molar-refractivity contribution in [2.45, 2.75) is 37.3 Å². The fourth-order valence-corrected chi connectivity index (χ4v) is 5.80. The second-order valence-corrected chi connectivity index (χ2v) is 8.85. The van der Waals surface area contributed by atoms with E-state index in [0.717, 1.165) is 35.3 Å². The number of nitro groups is 1. The van der Waals surface area contributed by atoms with Crippen LogP contribution in [0.3, 0.4) is 0 Å². The standard InChI is InChI=1S/C19H20N4O3S2/c1-3-22-18(24)16-14-8-9-21(2)10-15(14)28-17(16)20-19(22)27-11-12-4-6-13(7-5-12)23(25)26/h4-7H,3,8-11H2,1-2H3. The molecule has 0 radical (unpaired) electrons. The Morgan fingerprint density at radius 1 is 1.32 bits per heavy atom. The van der Waals surface area contributed by atoms with Crippen LogP contribution in [0.15, 0.2) is 34.2 Å². The van der Waals surface area contributed by atoms with Gasteiger partial charge in [0.1, 0.15) is 4.83 Å². The van der Waals surface area contributed by atoms with Gasteiger partial charge in [-0.05, 0) is 31.5 Å². The van der Waals surface area contributed by atoms with Crippen LogP contribution in [0, 0.1) is 10.1 Å². The Bertz CT molecular complexity index is 1110. The molecular formula is C19H20N4O3S2. The maximum Gasteiger partial charge on any atom is 0.269 e. The van der Waals surface area contributed by atoms with Crippen LogP contribution >= 0.6 is 23.1 Å². The number of hydrogen-bond acceptors (Lipinski definition) is 7. The smallest absolute Gasteiger partial charge is 0.269 e. The molecule has 7 nitrogen and oxygen atoms in total. The van der Waals surface area contributed by atoms with Crippen molar-refractivity contribution >= 4 is 39.0 Å². The molecule has 0 aliphatic carbocycles. The van der Waals surface area contributed by atoms with Crippen LogP contribution in [-0.4, -0.2) is 33.0 Å². The highest BCUT2D eigenvalue weighted by Crippen LogP contribution is 2.33. The first-order valence-corrected chi connectivity index (χ1v) is 10.9. The number of non-ortho nitro benzene ring substituents is 1. The Hall–Kier alpha value is -2.23. The summed E-state index contributed by atoms with van der Waals surface area (Å²) >= 11 is 3.12. The highest BCUT2D eigenvalue weighted by atomic mass is 32.2. The SMILES string of the molecule is CCn1c(SCc2ccc([N+](=O)[O-])cc2)nc2sc3c(c2c1=O)CCN(C)C3. The van der Waals surface area contributed by atoms with Crippen molar-refractivity contribution in [2.75, 3.05) is 13.6 Å². The van der Waals surface area contributed by atoms with Crippen LogP contribution in [0.25, 0.3) is 10.2 Å².